The Hall–Kier alpha value is -3.04. The van der Waals surface area contributed by atoms with Crippen molar-refractivity contribution in [3.63, 3.8) is 0 Å². The number of benzene rings is 1. The standard InChI is InChI=1S/C18H16ClN5O3S/c19-14-7-6-12(10-21-14)11-23-9-8-20-16(23)15(24(26)27)18(28)22-17(25)13-4-2-1-3-5-13/h1-7,10,20H,8-9,11H2,(H,22,25,28)/b16-15-. The van der Waals surface area contributed by atoms with Crippen LogP contribution in [-0.2, 0) is 6.54 Å². The number of nitrogens with one attached hydrogen (secondary N) is 2. The fourth-order valence-electron chi connectivity index (χ4n) is 2.75. The predicted octanol–water partition coefficient (Wildman–Crippen LogP) is 2.34. The molecule has 8 nitrogen and oxygen atoms in total. The van der Waals surface area contributed by atoms with Crippen LogP contribution in [0.25, 0.3) is 0 Å². The summed E-state index contributed by atoms with van der Waals surface area (Å²) in [6.45, 7) is 1.45. The van der Waals surface area contributed by atoms with Gasteiger partial charge in [-0.3, -0.25) is 14.9 Å². The Morgan fingerprint density at radius 3 is 2.71 bits per heavy atom. The van der Waals surface area contributed by atoms with Crippen LogP contribution in [0.1, 0.15) is 15.9 Å². The number of hydrogen-bond acceptors (Lipinski definition) is 7. The number of pyridine rings is 1. The molecule has 10 heteroatoms. The van der Waals surface area contributed by atoms with Gasteiger partial charge < -0.3 is 15.5 Å². The monoisotopic (exact) mass is 417 g/mol. The first-order valence-electron chi connectivity index (χ1n) is 8.34. The lowest BCUT2D eigenvalue weighted by Crippen LogP contribution is -2.36. The molecule has 1 aromatic carbocycles. The summed E-state index contributed by atoms with van der Waals surface area (Å²) in [6.07, 6.45) is 1.61. The molecule has 0 unspecified atom stereocenters. The molecule has 2 N–H and O–H groups in total. The molecule has 3 rings (SSSR count). The highest BCUT2D eigenvalue weighted by Gasteiger charge is 2.32. The lowest BCUT2D eigenvalue weighted by atomic mass is 10.2. The van der Waals surface area contributed by atoms with Gasteiger partial charge in [0, 0.05) is 31.4 Å². The smallest absolute Gasteiger partial charge is 0.343 e. The molecule has 0 aliphatic carbocycles. The van der Waals surface area contributed by atoms with Crippen molar-refractivity contribution >= 4 is 34.7 Å². The maximum Gasteiger partial charge on any atom is 0.343 e. The molecule has 144 valence electrons. The maximum absolute atomic E-state index is 12.3. The molecule has 1 fully saturated rings. The molecule has 0 radical (unpaired) electrons. The van der Waals surface area contributed by atoms with Crippen molar-refractivity contribution in [2.45, 2.75) is 6.54 Å². The number of carbonyl (C=O) groups excluding carboxylic acids is 1. The number of nitrogens with zero attached hydrogens (tertiary/aromatic N) is 3. The molecule has 28 heavy (non-hydrogen) atoms. The molecule has 1 saturated heterocycles. The van der Waals surface area contributed by atoms with Crippen LogP contribution in [0.4, 0.5) is 0 Å². The molecule has 0 spiro atoms. The molecule has 0 bridgehead atoms. The molecule has 1 aromatic heterocycles. The number of rotatable bonds is 5. The minimum atomic E-state index is -0.589. The minimum absolute atomic E-state index is 0.248. The Kier molecular flexibility index (Phi) is 6.17. The fraction of sp³-hybridized carbons (Fsp3) is 0.167. The third kappa shape index (κ3) is 4.62. The lowest BCUT2D eigenvalue weighted by molar-refractivity contribution is -0.417. The molecule has 1 aliphatic rings. The first-order chi connectivity index (χ1) is 13.5. The summed E-state index contributed by atoms with van der Waals surface area (Å²) in [7, 11) is 0. The van der Waals surface area contributed by atoms with E-state index < -0.39 is 10.8 Å². The number of hydrogen-bond donors (Lipinski definition) is 2. The van der Waals surface area contributed by atoms with Gasteiger partial charge in [0.05, 0.1) is 4.92 Å². The summed E-state index contributed by atoms with van der Waals surface area (Å²) in [5.41, 5.74) is 0.854. The first-order valence-corrected chi connectivity index (χ1v) is 9.13. The number of halogens is 1. The number of nitro groups is 1. The SMILES string of the molecule is O=C(NC(=S)/C(=C1\NCCN1Cc1ccc(Cl)nc1)[N+](=O)[O-])c1ccccc1. The fourth-order valence-corrected chi connectivity index (χ4v) is 3.12. The van der Waals surface area contributed by atoms with Gasteiger partial charge >= 0.3 is 5.70 Å². The van der Waals surface area contributed by atoms with Crippen LogP contribution in [0.5, 0.6) is 0 Å². The third-order valence-corrected chi connectivity index (χ3v) is 4.56. The van der Waals surface area contributed by atoms with Gasteiger partial charge in [-0.05, 0) is 23.8 Å². The van der Waals surface area contributed by atoms with Gasteiger partial charge in [-0.15, -0.1) is 0 Å². The van der Waals surface area contributed by atoms with Crippen molar-refractivity contribution < 1.29 is 9.72 Å². The van der Waals surface area contributed by atoms with Gasteiger partial charge in [0.25, 0.3) is 5.91 Å². The Morgan fingerprint density at radius 2 is 2.07 bits per heavy atom. The van der Waals surface area contributed by atoms with Gasteiger partial charge in [0.15, 0.2) is 10.8 Å². The van der Waals surface area contributed by atoms with Gasteiger partial charge in [-0.25, -0.2) is 4.98 Å². The summed E-state index contributed by atoms with van der Waals surface area (Å²) in [5, 5.41) is 17.5. The normalized spacial score (nSPS) is 15.0. The van der Waals surface area contributed by atoms with Crippen LogP contribution in [0.2, 0.25) is 5.15 Å². The predicted molar refractivity (Wildman–Crippen MR) is 108 cm³/mol. The Morgan fingerprint density at radius 1 is 1.32 bits per heavy atom. The highest BCUT2D eigenvalue weighted by atomic mass is 35.5. The molecule has 0 atom stereocenters. The first kappa shape index (κ1) is 19.7. The zero-order valence-electron chi connectivity index (χ0n) is 14.6. The topological polar surface area (TPSA) is 100 Å². The Bertz CT molecular complexity index is 934. The van der Waals surface area contributed by atoms with Crippen molar-refractivity contribution in [2.24, 2.45) is 0 Å². The summed E-state index contributed by atoms with van der Waals surface area (Å²) in [5.74, 6) is -0.240. The van der Waals surface area contributed by atoms with Gasteiger partial charge in [-0.1, -0.05) is 48.1 Å². The second kappa shape index (κ2) is 8.77. The van der Waals surface area contributed by atoms with Crippen LogP contribution in [0.15, 0.2) is 60.2 Å². The van der Waals surface area contributed by atoms with E-state index in [4.69, 9.17) is 23.8 Å². The average molecular weight is 418 g/mol. The van der Waals surface area contributed by atoms with Crippen LogP contribution in [0, 0.1) is 10.1 Å². The number of amides is 1. The second-order valence-electron chi connectivity index (χ2n) is 5.94. The van der Waals surface area contributed by atoms with E-state index in [1.54, 1.807) is 53.6 Å². The van der Waals surface area contributed by atoms with Crippen molar-refractivity contribution in [1.29, 1.82) is 0 Å². The average Bonchev–Trinajstić information content (AvgIpc) is 3.11. The van der Waals surface area contributed by atoms with Crippen LogP contribution < -0.4 is 10.6 Å². The molecule has 1 aliphatic heterocycles. The molecular formula is C18H16ClN5O3S. The third-order valence-electron chi connectivity index (χ3n) is 4.04. The maximum atomic E-state index is 12.3. The molecular weight excluding hydrogens is 402 g/mol. The Labute approximate surface area is 171 Å². The lowest BCUT2D eigenvalue weighted by Gasteiger charge is -2.19. The van der Waals surface area contributed by atoms with Crippen LogP contribution in [0.3, 0.4) is 0 Å². The zero-order chi connectivity index (χ0) is 20.1. The van der Waals surface area contributed by atoms with E-state index in [-0.39, 0.29) is 16.5 Å². The van der Waals surface area contributed by atoms with E-state index in [9.17, 15) is 14.9 Å². The van der Waals surface area contributed by atoms with Crippen LogP contribution >= 0.6 is 23.8 Å². The van der Waals surface area contributed by atoms with E-state index >= 15 is 0 Å². The van der Waals surface area contributed by atoms with E-state index in [0.29, 0.717) is 30.4 Å². The quantitative estimate of drug-likeness (QED) is 0.253. The number of thiocarbonyl (C=S) groups is 1. The number of aromatic nitrogens is 1. The van der Waals surface area contributed by atoms with E-state index in [1.165, 1.54) is 0 Å². The summed E-state index contributed by atoms with van der Waals surface area (Å²) >= 11 is 11.0. The van der Waals surface area contributed by atoms with Gasteiger partial charge in [-0.2, -0.15) is 0 Å². The molecule has 2 heterocycles. The highest BCUT2D eigenvalue weighted by Crippen LogP contribution is 2.18. The zero-order valence-corrected chi connectivity index (χ0v) is 16.2. The van der Waals surface area contributed by atoms with Crippen LogP contribution in [-0.4, -0.2) is 38.8 Å². The minimum Gasteiger partial charge on any atom is -0.364 e. The molecule has 2 aromatic rings. The summed E-state index contributed by atoms with van der Waals surface area (Å²) in [6, 6.07) is 11.8. The van der Waals surface area contributed by atoms with Gasteiger partial charge in [0.1, 0.15) is 5.15 Å². The molecule has 1 amide bonds. The summed E-state index contributed by atoms with van der Waals surface area (Å²) in [4.78, 5) is 29.0. The van der Waals surface area contributed by atoms with Crippen molar-refractivity contribution in [3.8, 4) is 0 Å². The molecule has 0 saturated carbocycles. The second-order valence-corrected chi connectivity index (χ2v) is 6.74. The Balaban J connectivity index is 1.82. The van der Waals surface area contributed by atoms with Crippen molar-refractivity contribution in [3.05, 3.63) is 86.6 Å². The summed E-state index contributed by atoms with van der Waals surface area (Å²) < 4.78 is 0. The largest absolute Gasteiger partial charge is 0.364 e. The van der Waals surface area contributed by atoms with Crippen molar-refractivity contribution in [1.82, 2.24) is 20.5 Å². The van der Waals surface area contributed by atoms with E-state index in [0.717, 1.165) is 5.56 Å². The van der Waals surface area contributed by atoms with E-state index in [1.807, 2.05) is 0 Å². The highest BCUT2D eigenvalue weighted by molar-refractivity contribution is 7.80. The number of carbonyl (C=O) groups is 1. The van der Waals surface area contributed by atoms with Crippen molar-refractivity contribution in [2.75, 3.05) is 13.1 Å². The van der Waals surface area contributed by atoms with Gasteiger partial charge in [0.2, 0.25) is 0 Å². The van der Waals surface area contributed by atoms with E-state index in [2.05, 4.69) is 15.6 Å².